The predicted octanol–water partition coefficient (Wildman–Crippen LogP) is 2.54. The van der Waals surface area contributed by atoms with Crippen molar-refractivity contribution in [2.75, 3.05) is 0 Å². The zero-order chi connectivity index (χ0) is 35.4. The van der Waals surface area contributed by atoms with E-state index in [1.54, 1.807) is 50.2 Å². The Morgan fingerprint density at radius 2 is 1.04 bits per heavy atom. The van der Waals surface area contributed by atoms with Gasteiger partial charge in [-0.2, -0.15) is 0 Å². The molecule has 0 aromatic heterocycles. The fourth-order valence-corrected chi connectivity index (χ4v) is 8.17. The lowest BCUT2D eigenvalue weighted by molar-refractivity contribution is -0.373. The lowest BCUT2D eigenvalue weighted by atomic mass is 9.45. The van der Waals surface area contributed by atoms with Crippen LogP contribution in [0.2, 0.25) is 0 Å². The molecule has 1 heterocycles. The minimum Gasteiger partial charge on any atom is -0.458 e. The van der Waals surface area contributed by atoms with Gasteiger partial charge in [-0.25, -0.2) is 9.59 Å². The number of aliphatic hydroxyl groups is 2. The Morgan fingerprint density at radius 3 is 1.48 bits per heavy atom. The van der Waals surface area contributed by atoms with Crippen molar-refractivity contribution in [3.05, 3.63) is 71.8 Å². The first-order chi connectivity index (χ1) is 22.4. The maximum Gasteiger partial charge on any atom is 0.338 e. The van der Waals surface area contributed by atoms with Gasteiger partial charge in [0.15, 0.2) is 24.4 Å². The number of carbonyl (C=O) groups is 5. The van der Waals surface area contributed by atoms with Crippen LogP contribution >= 0.6 is 0 Å². The second-order valence-corrected chi connectivity index (χ2v) is 13.4. The van der Waals surface area contributed by atoms with E-state index in [1.807, 2.05) is 0 Å². The van der Waals surface area contributed by atoms with Crippen LogP contribution in [0.25, 0.3) is 0 Å². The normalized spacial score (nSPS) is 36.1. The Bertz CT molecular complexity index is 1590. The second kappa shape index (κ2) is 12.3. The summed E-state index contributed by atoms with van der Waals surface area (Å²) in [4.78, 5) is 65.6. The van der Waals surface area contributed by atoms with Crippen LogP contribution in [0.3, 0.4) is 0 Å². The summed E-state index contributed by atoms with van der Waals surface area (Å²) >= 11 is 0. The third-order valence-corrected chi connectivity index (χ3v) is 9.90. The summed E-state index contributed by atoms with van der Waals surface area (Å²) < 4.78 is 36.2. The van der Waals surface area contributed by atoms with Gasteiger partial charge in [-0.3, -0.25) is 14.4 Å². The Balaban J connectivity index is 1.83. The molecule has 0 amide bonds. The summed E-state index contributed by atoms with van der Waals surface area (Å²) in [5, 5.41) is 25.0. The van der Waals surface area contributed by atoms with Gasteiger partial charge in [-0.15, -0.1) is 0 Å². The molecule has 5 rings (SSSR count). The van der Waals surface area contributed by atoms with Gasteiger partial charge in [-0.05, 0) is 52.0 Å². The van der Waals surface area contributed by atoms with E-state index in [1.165, 1.54) is 38.1 Å². The molecule has 2 N–H and O–H groups in total. The van der Waals surface area contributed by atoms with Gasteiger partial charge in [0.1, 0.15) is 17.3 Å². The first-order valence-corrected chi connectivity index (χ1v) is 15.5. The first kappa shape index (κ1) is 35.0. The second-order valence-electron chi connectivity index (χ2n) is 13.4. The number of carbonyl (C=O) groups excluding carboxylic acids is 5. The van der Waals surface area contributed by atoms with Crippen molar-refractivity contribution in [1.29, 1.82) is 0 Å². The van der Waals surface area contributed by atoms with Crippen LogP contribution < -0.4 is 0 Å². The molecule has 48 heavy (non-hydrogen) atoms. The Hall–Kier alpha value is -4.33. The van der Waals surface area contributed by atoms with Gasteiger partial charge < -0.3 is 38.6 Å². The minimum absolute atomic E-state index is 0.0781. The van der Waals surface area contributed by atoms with E-state index in [2.05, 4.69) is 0 Å². The molecule has 0 unspecified atom stereocenters. The molecule has 2 aliphatic carbocycles. The lowest BCUT2D eigenvalue weighted by Gasteiger charge is -2.67. The zero-order valence-electron chi connectivity index (χ0n) is 27.7. The number of aliphatic hydroxyl groups excluding tert-OH is 1. The van der Waals surface area contributed by atoms with Crippen LogP contribution in [0, 0.1) is 11.3 Å². The monoisotopic (exact) mass is 668 g/mol. The summed E-state index contributed by atoms with van der Waals surface area (Å²) in [6.45, 7) is 9.11. The van der Waals surface area contributed by atoms with Crippen molar-refractivity contribution >= 4 is 29.8 Å². The van der Waals surface area contributed by atoms with Gasteiger partial charge in [0.2, 0.25) is 0 Å². The van der Waals surface area contributed by atoms with Crippen molar-refractivity contribution in [3.8, 4) is 0 Å². The van der Waals surface area contributed by atoms with Crippen molar-refractivity contribution in [2.45, 2.75) is 102 Å². The SMILES string of the molecule is CC(=O)O[C@H]1[C@@H]2[C@@H](O)[C@@]3(OC2(C)C)[C@](C)([C@H]1OC(=O)c1ccccc1)[C@@H](OC(=O)c1ccccc1)[C@H](OC(C)=O)[C@H](OC(C)=O)[C@]3(C)O. The molecule has 258 valence electrons. The molecular formula is C35H40O13. The Kier molecular flexibility index (Phi) is 8.95. The van der Waals surface area contributed by atoms with E-state index in [4.69, 9.17) is 28.4 Å². The molecule has 2 saturated carbocycles. The quantitative estimate of drug-likeness (QED) is 0.325. The van der Waals surface area contributed by atoms with Gasteiger partial charge in [-0.1, -0.05) is 36.4 Å². The molecular weight excluding hydrogens is 628 g/mol. The number of fused-ring (bicyclic) bond motifs is 1. The average molecular weight is 669 g/mol. The molecule has 1 spiro atoms. The maximum atomic E-state index is 13.8. The average Bonchev–Trinajstić information content (AvgIpc) is 3.20. The van der Waals surface area contributed by atoms with Gasteiger partial charge in [0, 0.05) is 20.8 Å². The lowest BCUT2D eigenvalue weighted by Crippen LogP contribution is -2.87. The summed E-state index contributed by atoms with van der Waals surface area (Å²) in [5.41, 5.74) is -8.04. The smallest absolute Gasteiger partial charge is 0.338 e. The Labute approximate surface area is 277 Å². The Morgan fingerprint density at radius 1 is 0.625 bits per heavy atom. The number of hydrogen-bond donors (Lipinski definition) is 2. The molecule has 10 atom stereocenters. The molecule has 2 aromatic carbocycles. The first-order valence-electron chi connectivity index (χ1n) is 15.5. The molecule has 3 fully saturated rings. The topological polar surface area (TPSA) is 181 Å². The largest absolute Gasteiger partial charge is 0.458 e. The molecule has 13 nitrogen and oxygen atoms in total. The zero-order valence-corrected chi connectivity index (χ0v) is 27.7. The molecule has 1 saturated heterocycles. The number of rotatable bonds is 7. The summed E-state index contributed by atoms with van der Waals surface area (Å²) in [6.07, 6.45) is -10.1. The van der Waals surface area contributed by atoms with Crippen molar-refractivity contribution in [2.24, 2.45) is 11.3 Å². The van der Waals surface area contributed by atoms with Crippen LogP contribution in [0.5, 0.6) is 0 Å². The van der Waals surface area contributed by atoms with Gasteiger partial charge in [0.05, 0.1) is 34.2 Å². The molecule has 0 radical (unpaired) electrons. The van der Waals surface area contributed by atoms with Crippen molar-refractivity contribution < 1.29 is 62.6 Å². The predicted molar refractivity (Wildman–Crippen MR) is 164 cm³/mol. The fraction of sp³-hybridized carbons (Fsp3) is 0.514. The van der Waals surface area contributed by atoms with Crippen LogP contribution in [-0.2, 0) is 42.8 Å². The summed E-state index contributed by atoms with van der Waals surface area (Å²) in [6, 6.07) is 15.7. The highest BCUT2D eigenvalue weighted by molar-refractivity contribution is 5.90. The molecule has 3 aliphatic rings. The van der Waals surface area contributed by atoms with E-state index in [9.17, 15) is 34.2 Å². The fourth-order valence-electron chi connectivity index (χ4n) is 8.17. The van der Waals surface area contributed by atoms with Crippen LogP contribution in [-0.4, -0.2) is 93.5 Å². The molecule has 1 aliphatic heterocycles. The number of esters is 5. The standard InChI is InChI=1S/C35H40O13/c1-18(36)43-24-23-26(39)35(48-32(23,4)5)33(6,27(24)46-30(40)21-14-10-8-11-15-21)28(47-31(41)22-16-12-9-13-17-22)25(44-19(2)37)29(34(35,7)42)45-20(3)38/h8-17,23-29,39,42H,1-7H3/t23-,24+,25+,26-,27+,28+,29+,33-,34+,35-/m1/s1. The van der Waals surface area contributed by atoms with Gasteiger partial charge in [0.25, 0.3) is 0 Å². The maximum absolute atomic E-state index is 13.8. The van der Waals surface area contributed by atoms with E-state index in [0.29, 0.717) is 0 Å². The van der Waals surface area contributed by atoms with E-state index in [0.717, 1.165) is 20.8 Å². The van der Waals surface area contributed by atoms with Crippen molar-refractivity contribution in [3.63, 3.8) is 0 Å². The summed E-state index contributed by atoms with van der Waals surface area (Å²) in [5.74, 6) is -5.53. The van der Waals surface area contributed by atoms with Crippen molar-refractivity contribution in [1.82, 2.24) is 0 Å². The minimum atomic E-state index is -2.44. The molecule has 2 aromatic rings. The van der Waals surface area contributed by atoms with Crippen LogP contribution in [0.4, 0.5) is 0 Å². The van der Waals surface area contributed by atoms with Gasteiger partial charge >= 0.3 is 29.8 Å². The van der Waals surface area contributed by atoms with Crippen LogP contribution in [0.1, 0.15) is 69.2 Å². The molecule has 2 bridgehead atoms. The summed E-state index contributed by atoms with van der Waals surface area (Å²) in [7, 11) is 0. The van der Waals surface area contributed by atoms with Crippen LogP contribution in [0.15, 0.2) is 60.7 Å². The highest BCUT2D eigenvalue weighted by Crippen LogP contribution is 2.69. The number of ether oxygens (including phenoxy) is 6. The van der Waals surface area contributed by atoms with E-state index >= 15 is 0 Å². The third kappa shape index (κ3) is 5.33. The van der Waals surface area contributed by atoms with E-state index < -0.39 is 94.6 Å². The van der Waals surface area contributed by atoms with E-state index in [-0.39, 0.29) is 11.1 Å². The highest BCUT2D eigenvalue weighted by atomic mass is 16.6. The highest BCUT2D eigenvalue weighted by Gasteiger charge is 2.88. The molecule has 13 heteroatoms. The third-order valence-electron chi connectivity index (χ3n) is 9.90. The number of benzene rings is 2. The number of hydrogen-bond acceptors (Lipinski definition) is 13.